The molecular weight excluding hydrogens is 358 g/mol. The number of guanidine groups is 1. The highest BCUT2D eigenvalue weighted by Crippen LogP contribution is 2.17. The van der Waals surface area contributed by atoms with Crippen LogP contribution >= 0.6 is 11.3 Å². The second kappa shape index (κ2) is 10.3. The van der Waals surface area contributed by atoms with Crippen molar-refractivity contribution in [2.75, 3.05) is 7.05 Å². The van der Waals surface area contributed by atoms with Gasteiger partial charge in [-0.25, -0.2) is 9.97 Å². The van der Waals surface area contributed by atoms with Crippen LogP contribution < -0.4 is 15.4 Å². The van der Waals surface area contributed by atoms with Gasteiger partial charge >= 0.3 is 0 Å². The molecule has 2 N–H and O–H groups in total. The van der Waals surface area contributed by atoms with Gasteiger partial charge in [0.05, 0.1) is 23.4 Å². The summed E-state index contributed by atoms with van der Waals surface area (Å²) in [7, 11) is 1.77. The van der Waals surface area contributed by atoms with Crippen molar-refractivity contribution in [3.63, 3.8) is 0 Å². The Hall–Kier alpha value is -2.15. The van der Waals surface area contributed by atoms with Crippen LogP contribution in [0.3, 0.4) is 0 Å². The topological polar surface area (TPSA) is 71.4 Å². The van der Waals surface area contributed by atoms with Crippen molar-refractivity contribution in [3.8, 4) is 5.88 Å². The summed E-state index contributed by atoms with van der Waals surface area (Å²) in [4.78, 5) is 14.3. The van der Waals surface area contributed by atoms with Gasteiger partial charge in [-0.05, 0) is 44.7 Å². The van der Waals surface area contributed by atoms with E-state index in [0.29, 0.717) is 24.9 Å². The first-order chi connectivity index (χ1) is 12.9. The van der Waals surface area contributed by atoms with E-state index in [9.17, 15) is 0 Å². The van der Waals surface area contributed by atoms with E-state index in [-0.39, 0.29) is 6.10 Å². The molecule has 2 aromatic heterocycles. The minimum absolute atomic E-state index is 0.154. The van der Waals surface area contributed by atoms with Crippen LogP contribution in [0.1, 0.15) is 48.3 Å². The number of hydrogen-bond donors (Lipinski definition) is 2. The lowest BCUT2D eigenvalue weighted by molar-refractivity contribution is 0.185. The third kappa shape index (κ3) is 7.17. The second-order valence-corrected chi connectivity index (χ2v) is 8.37. The molecule has 0 spiro atoms. The van der Waals surface area contributed by atoms with E-state index < -0.39 is 0 Å². The molecule has 0 bridgehead atoms. The zero-order valence-electron chi connectivity index (χ0n) is 17.2. The molecule has 0 aliphatic heterocycles. The quantitative estimate of drug-likeness (QED) is 0.530. The fourth-order valence-electron chi connectivity index (χ4n) is 2.85. The molecule has 0 radical (unpaired) electrons. The minimum atomic E-state index is 0.154. The van der Waals surface area contributed by atoms with Crippen molar-refractivity contribution in [3.05, 3.63) is 39.5 Å². The van der Waals surface area contributed by atoms with Crippen molar-refractivity contribution >= 4 is 17.3 Å². The molecule has 6 nitrogen and oxygen atoms in total. The summed E-state index contributed by atoms with van der Waals surface area (Å²) < 4.78 is 5.93. The van der Waals surface area contributed by atoms with Gasteiger partial charge in [-0.2, -0.15) is 0 Å². The number of aryl methyl sites for hydroxylation is 2. The predicted octanol–water partition coefficient (Wildman–Crippen LogP) is 3.83. The van der Waals surface area contributed by atoms with Gasteiger partial charge < -0.3 is 15.4 Å². The summed E-state index contributed by atoms with van der Waals surface area (Å²) in [5.41, 5.74) is 2.18. The van der Waals surface area contributed by atoms with Crippen molar-refractivity contribution < 1.29 is 4.74 Å². The van der Waals surface area contributed by atoms with E-state index >= 15 is 0 Å². The standard InChI is InChI=1S/C20H31N5OS/c1-13(2)9-14(3)26-19-10-17(7-8-22-19)11-23-20(21-6)24-12-18-15(4)25-16(5)27-18/h7-8,10,13-14H,9,11-12H2,1-6H3,(H2,21,23,24). The predicted molar refractivity (Wildman–Crippen MR) is 112 cm³/mol. The summed E-state index contributed by atoms with van der Waals surface area (Å²) in [5, 5.41) is 7.76. The molecule has 0 saturated carbocycles. The van der Waals surface area contributed by atoms with E-state index in [1.807, 2.05) is 26.0 Å². The Labute approximate surface area is 166 Å². The van der Waals surface area contributed by atoms with Gasteiger partial charge in [0.25, 0.3) is 0 Å². The van der Waals surface area contributed by atoms with Crippen LogP contribution in [0.25, 0.3) is 0 Å². The number of aliphatic imine (C=N–C) groups is 1. The Bertz CT molecular complexity index is 757. The van der Waals surface area contributed by atoms with Crippen LogP contribution in [0.4, 0.5) is 0 Å². The highest BCUT2D eigenvalue weighted by molar-refractivity contribution is 7.11. The summed E-state index contributed by atoms with van der Waals surface area (Å²) in [5.74, 6) is 2.03. The molecule has 7 heteroatoms. The van der Waals surface area contributed by atoms with E-state index in [0.717, 1.165) is 28.6 Å². The molecule has 2 heterocycles. The fourth-order valence-corrected chi connectivity index (χ4v) is 3.73. The van der Waals surface area contributed by atoms with E-state index in [4.69, 9.17) is 4.74 Å². The molecule has 1 unspecified atom stereocenters. The minimum Gasteiger partial charge on any atom is -0.475 e. The zero-order chi connectivity index (χ0) is 19.8. The van der Waals surface area contributed by atoms with Gasteiger partial charge in [-0.3, -0.25) is 4.99 Å². The van der Waals surface area contributed by atoms with Gasteiger partial charge in [-0.15, -0.1) is 11.3 Å². The molecule has 0 aromatic carbocycles. The van der Waals surface area contributed by atoms with E-state index in [1.54, 1.807) is 24.6 Å². The number of hydrogen-bond acceptors (Lipinski definition) is 5. The van der Waals surface area contributed by atoms with Gasteiger partial charge in [-0.1, -0.05) is 13.8 Å². The first kappa shape index (κ1) is 21.2. The molecular formula is C20H31N5OS. The zero-order valence-corrected chi connectivity index (χ0v) is 18.0. The molecule has 2 rings (SSSR count). The van der Waals surface area contributed by atoms with E-state index in [1.165, 1.54) is 4.88 Å². The summed E-state index contributed by atoms with van der Waals surface area (Å²) >= 11 is 1.71. The molecule has 27 heavy (non-hydrogen) atoms. The monoisotopic (exact) mass is 389 g/mol. The van der Waals surface area contributed by atoms with Crippen LogP contribution in [0.2, 0.25) is 0 Å². The number of aromatic nitrogens is 2. The Kier molecular flexibility index (Phi) is 8.03. The van der Waals surface area contributed by atoms with Crippen molar-refractivity contribution in [1.82, 2.24) is 20.6 Å². The lowest BCUT2D eigenvalue weighted by Crippen LogP contribution is -2.36. The Morgan fingerprint density at radius 1 is 1.22 bits per heavy atom. The molecule has 0 aliphatic carbocycles. The third-order valence-electron chi connectivity index (χ3n) is 4.02. The molecule has 0 saturated heterocycles. The average Bonchev–Trinajstić information content (AvgIpc) is 2.92. The van der Waals surface area contributed by atoms with Crippen LogP contribution in [0, 0.1) is 19.8 Å². The molecule has 0 fully saturated rings. The Balaban J connectivity index is 1.87. The van der Waals surface area contributed by atoms with Crippen molar-refractivity contribution in [2.24, 2.45) is 10.9 Å². The number of ether oxygens (including phenoxy) is 1. The molecule has 2 aromatic rings. The second-order valence-electron chi connectivity index (χ2n) is 7.08. The lowest BCUT2D eigenvalue weighted by Gasteiger charge is -2.16. The van der Waals surface area contributed by atoms with Crippen LogP contribution in [-0.2, 0) is 13.1 Å². The maximum atomic E-state index is 5.93. The van der Waals surface area contributed by atoms with Crippen molar-refractivity contribution in [1.29, 1.82) is 0 Å². The first-order valence-corrected chi connectivity index (χ1v) is 10.2. The summed E-state index contributed by atoms with van der Waals surface area (Å²) in [6.07, 6.45) is 2.95. The smallest absolute Gasteiger partial charge is 0.213 e. The third-order valence-corrected chi connectivity index (χ3v) is 5.10. The van der Waals surface area contributed by atoms with Crippen LogP contribution in [-0.4, -0.2) is 29.1 Å². The molecule has 1 atom stereocenters. The van der Waals surface area contributed by atoms with Crippen molar-refractivity contribution in [2.45, 2.75) is 60.2 Å². The number of rotatable bonds is 8. The molecule has 148 valence electrons. The SMILES string of the molecule is CN=C(NCc1ccnc(OC(C)CC(C)C)c1)NCc1sc(C)nc1C. The maximum absolute atomic E-state index is 5.93. The Morgan fingerprint density at radius 2 is 1.96 bits per heavy atom. The van der Waals surface area contributed by atoms with Gasteiger partial charge in [0.15, 0.2) is 5.96 Å². The van der Waals surface area contributed by atoms with E-state index in [2.05, 4.69) is 46.4 Å². The maximum Gasteiger partial charge on any atom is 0.213 e. The number of nitrogens with one attached hydrogen (secondary N) is 2. The summed E-state index contributed by atoms with van der Waals surface area (Å²) in [6, 6.07) is 3.96. The molecule has 0 aliphatic rings. The normalized spacial score (nSPS) is 12.9. The average molecular weight is 390 g/mol. The number of pyridine rings is 1. The van der Waals surface area contributed by atoms with Crippen LogP contribution in [0.5, 0.6) is 5.88 Å². The van der Waals surface area contributed by atoms with Crippen LogP contribution in [0.15, 0.2) is 23.3 Å². The summed E-state index contributed by atoms with van der Waals surface area (Å²) in [6.45, 7) is 11.9. The highest BCUT2D eigenvalue weighted by Gasteiger charge is 2.09. The molecule has 0 amide bonds. The number of thiazole rings is 1. The highest BCUT2D eigenvalue weighted by atomic mass is 32.1. The van der Waals surface area contributed by atoms with Gasteiger partial charge in [0.1, 0.15) is 0 Å². The van der Waals surface area contributed by atoms with Gasteiger partial charge in [0.2, 0.25) is 5.88 Å². The lowest BCUT2D eigenvalue weighted by atomic mass is 10.1. The number of nitrogens with zero attached hydrogens (tertiary/aromatic N) is 3. The fraction of sp³-hybridized carbons (Fsp3) is 0.550. The van der Waals surface area contributed by atoms with Gasteiger partial charge in [0, 0.05) is 30.7 Å². The largest absolute Gasteiger partial charge is 0.475 e. The Morgan fingerprint density at radius 3 is 2.59 bits per heavy atom. The first-order valence-electron chi connectivity index (χ1n) is 9.36.